The van der Waals surface area contributed by atoms with E-state index in [0.29, 0.717) is 18.9 Å². The molecule has 1 aromatic carbocycles. The van der Waals surface area contributed by atoms with E-state index >= 15 is 0 Å². The van der Waals surface area contributed by atoms with E-state index in [1.54, 1.807) is 4.90 Å². The Morgan fingerprint density at radius 3 is 2.71 bits per heavy atom. The molecule has 1 aliphatic rings. The summed E-state index contributed by atoms with van der Waals surface area (Å²) in [6.45, 7) is 3.42. The third-order valence-electron chi connectivity index (χ3n) is 3.39. The number of hydrogen-bond donors (Lipinski definition) is 1. The maximum Gasteiger partial charge on any atom is 0.225 e. The largest absolute Gasteiger partial charge is 0.391 e. The fourth-order valence-corrected chi connectivity index (χ4v) is 2.27. The van der Waals surface area contributed by atoms with E-state index in [1.807, 2.05) is 18.2 Å². The molecule has 2 unspecified atom stereocenters. The SMILES string of the molecule is CC(CCN1CC(O)CC1=O)c1ccccc1. The zero-order valence-electron chi connectivity index (χ0n) is 10.2. The van der Waals surface area contributed by atoms with Gasteiger partial charge in [0.05, 0.1) is 12.5 Å². The molecule has 1 fully saturated rings. The topological polar surface area (TPSA) is 40.5 Å². The molecule has 1 amide bonds. The lowest BCUT2D eigenvalue weighted by Crippen LogP contribution is -2.27. The minimum absolute atomic E-state index is 0.0813. The number of rotatable bonds is 4. The molecule has 92 valence electrons. The van der Waals surface area contributed by atoms with Crippen LogP contribution in [-0.4, -0.2) is 35.1 Å². The highest BCUT2D eigenvalue weighted by atomic mass is 16.3. The van der Waals surface area contributed by atoms with E-state index < -0.39 is 6.10 Å². The molecule has 1 heterocycles. The highest BCUT2D eigenvalue weighted by Gasteiger charge is 2.27. The maximum absolute atomic E-state index is 11.5. The normalized spacial score (nSPS) is 21.9. The average Bonchev–Trinajstić information content (AvgIpc) is 2.66. The van der Waals surface area contributed by atoms with Crippen LogP contribution in [0.5, 0.6) is 0 Å². The Kier molecular flexibility index (Phi) is 3.79. The van der Waals surface area contributed by atoms with Crippen LogP contribution < -0.4 is 0 Å². The predicted octanol–water partition coefficient (Wildman–Crippen LogP) is 1.77. The van der Waals surface area contributed by atoms with Gasteiger partial charge in [-0.25, -0.2) is 0 Å². The molecular weight excluding hydrogens is 214 g/mol. The molecular formula is C14H19NO2. The summed E-state index contributed by atoms with van der Waals surface area (Å²) in [6, 6.07) is 10.3. The number of hydrogen-bond acceptors (Lipinski definition) is 2. The number of aliphatic hydroxyl groups is 1. The molecule has 17 heavy (non-hydrogen) atoms. The molecule has 0 bridgehead atoms. The van der Waals surface area contributed by atoms with E-state index in [-0.39, 0.29) is 5.91 Å². The summed E-state index contributed by atoms with van der Waals surface area (Å²) in [5, 5.41) is 9.39. The number of carbonyl (C=O) groups excluding carboxylic acids is 1. The van der Waals surface area contributed by atoms with E-state index in [0.717, 1.165) is 13.0 Å². The molecule has 1 aliphatic heterocycles. The Hall–Kier alpha value is -1.35. The van der Waals surface area contributed by atoms with Crippen LogP contribution in [0.2, 0.25) is 0 Å². The first-order valence-corrected chi connectivity index (χ1v) is 6.17. The van der Waals surface area contributed by atoms with Gasteiger partial charge in [0.1, 0.15) is 0 Å². The quantitative estimate of drug-likeness (QED) is 0.861. The van der Waals surface area contributed by atoms with Crippen molar-refractivity contribution in [2.75, 3.05) is 13.1 Å². The zero-order valence-corrected chi connectivity index (χ0v) is 10.2. The number of amides is 1. The van der Waals surface area contributed by atoms with Gasteiger partial charge in [0.25, 0.3) is 0 Å². The lowest BCUT2D eigenvalue weighted by molar-refractivity contribution is -0.127. The summed E-state index contributed by atoms with van der Waals surface area (Å²) in [7, 11) is 0. The molecule has 3 nitrogen and oxygen atoms in total. The van der Waals surface area contributed by atoms with Gasteiger partial charge in [-0.3, -0.25) is 4.79 Å². The van der Waals surface area contributed by atoms with Crippen molar-refractivity contribution in [1.82, 2.24) is 4.90 Å². The number of aliphatic hydroxyl groups excluding tert-OH is 1. The van der Waals surface area contributed by atoms with Crippen LogP contribution >= 0.6 is 0 Å². The number of likely N-dealkylation sites (tertiary alicyclic amines) is 1. The van der Waals surface area contributed by atoms with Crippen molar-refractivity contribution in [3.63, 3.8) is 0 Å². The fourth-order valence-electron chi connectivity index (χ4n) is 2.27. The van der Waals surface area contributed by atoms with Gasteiger partial charge in [-0.1, -0.05) is 37.3 Å². The Morgan fingerprint density at radius 2 is 2.12 bits per heavy atom. The van der Waals surface area contributed by atoms with Crippen LogP contribution in [0.15, 0.2) is 30.3 Å². The number of carbonyl (C=O) groups is 1. The Balaban J connectivity index is 1.84. The second-order valence-electron chi connectivity index (χ2n) is 4.80. The van der Waals surface area contributed by atoms with Gasteiger partial charge < -0.3 is 10.0 Å². The molecule has 1 saturated heterocycles. The predicted molar refractivity (Wildman–Crippen MR) is 66.7 cm³/mol. The molecule has 3 heteroatoms. The summed E-state index contributed by atoms with van der Waals surface area (Å²) in [6.07, 6.45) is 0.775. The first kappa shape index (κ1) is 12.1. The molecule has 2 rings (SSSR count). The maximum atomic E-state index is 11.5. The van der Waals surface area contributed by atoms with Gasteiger partial charge >= 0.3 is 0 Å². The molecule has 0 spiro atoms. The van der Waals surface area contributed by atoms with Gasteiger partial charge in [-0.2, -0.15) is 0 Å². The summed E-state index contributed by atoms with van der Waals surface area (Å²) in [4.78, 5) is 13.3. The summed E-state index contributed by atoms with van der Waals surface area (Å²) in [5.41, 5.74) is 1.31. The molecule has 0 radical (unpaired) electrons. The standard InChI is InChI=1S/C14H19NO2/c1-11(12-5-3-2-4-6-12)7-8-15-10-13(16)9-14(15)17/h2-6,11,13,16H,7-10H2,1H3. The highest BCUT2D eigenvalue weighted by Crippen LogP contribution is 2.20. The Morgan fingerprint density at radius 1 is 1.41 bits per heavy atom. The van der Waals surface area contributed by atoms with E-state index in [2.05, 4.69) is 19.1 Å². The molecule has 0 aliphatic carbocycles. The molecule has 0 aromatic heterocycles. The first-order chi connectivity index (χ1) is 8.16. The van der Waals surface area contributed by atoms with Crippen LogP contribution in [0.3, 0.4) is 0 Å². The Bertz CT molecular complexity index is 377. The van der Waals surface area contributed by atoms with Crippen LogP contribution in [0.4, 0.5) is 0 Å². The summed E-state index contributed by atoms with van der Waals surface area (Å²) < 4.78 is 0. The van der Waals surface area contributed by atoms with Crippen LogP contribution in [0, 0.1) is 0 Å². The van der Waals surface area contributed by atoms with Crippen LogP contribution in [0.25, 0.3) is 0 Å². The van der Waals surface area contributed by atoms with Gasteiger partial charge in [0, 0.05) is 13.1 Å². The van der Waals surface area contributed by atoms with E-state index in [9.17, 15) is 9.90 Å². The monoisotopic (exact) mass is 233 g/mol. The number of β-amino-alcohol motifs (C(OH)–C–C–N with tert-alkyl or cyclic N) is 1. The van der Waals surface area contributed by atoms with Crippen molar-refractivity contribution in [3.8, 4) is 0 Å². The van der Waals surface area contributed by atoms with E-state index in [1.165, 1.54) is 5.56 Å². The van der Waals surface area contributed by atoms with Crippen molar-refractivity contribution in [2.24, 2.45) is 0 Å². The number of nitrogens with zero attached hydrogens (tertiary/aromatic N) is 1. The van der Waals surface area contributed by atoms with Crippen molar-refractivity contribution < 1.29 is 9.90 Å². The van der Waals surface area contributed by atoms with Gasteiger partial charge in [0.15, 0.2) is 0 Å². The second-order valence-corrected chi connectivity index (χ2v) is 4.80. The fraction of sp³-hybridized carbons (Fsp3) is 0.500. The van der Waals surface area contributed by atoms with Gasteiger partial charge in [0.2, 0.25) is 5.91 Å². The van der Waals surface area contributed by atoms with Gasteiger partial charge in [-0.05, 0) is 17.9 Å². The summed E-state index contributed by atoms with van der Waals surface area (Å²) in [5.74, 6) is 0.527. The first-order valence-electron chi connectivity index (χ1n) is 6.17. The second kappa shape index (κ2) is 5.32. The molecule has 2 atom stereocenters. The van der Waals surface area contributed by atoms with E-state index in [4.69, 9.17) is 0 Å². The van der Waals surface area contributed by atoms with Crippen LogP contribution in [0.1, 0.15) is 31.2 Å². The lowest BCUT2D eigenvalue weighted by atomic mass is 9.98. The minimum Gasteiger partial charge on any atom is -0.391 e. The third-order valence-corrected chi connectivity index (χ3v) is 3.39. The van der Waals surface area contributed by atoms with Crippen LogP contribution in [-0.2, 0) is 4.79 Å². The lowest BCUT2D eigenvalue weighted by Gasteiger charge is -2.19. The third kappa shape index (κ3) is 3.07. The Labute approximate surface area is 102 Å². The van der Waals surface area contributed by atoms with Crippen molar-refractivity contribution in [3.05, 3.63) is 35.9 Å². The molecule has 1 aromatic rings. The molecule has 1 N–H and O–H groups in total. The van der Waals surface area contributed by atoms with Crippen molar-refractivity contribution in [1.29, 1.82) is 0 Å². The minimum atomic E-state index is -0.463. The number of benzene rings is 1. The average molecular weight is 233 g/mol. The van der Waals surface area contributed by atoms with Crippen molar-refractivity contribution in [2.45, 2.75) is 31.8 Å². The van der Waals surface area contributed by atoms with Gasteiger partial charge in [-0.15, -0.1) is 0 Å². The van der Waals surface area contributed by atoms with Crippen molar-refractivity contribution >= 4 is 5.91 Å². The molecule has 0 saturated carbocycles. The highest BCUT2D eigenvalue weighted by molar-refractivity contribution is 5.78. The summed E-state index contributed by atoms with van der Waals surface area (Å²) >= 11 is 0. The zero-order chi connectivity index (χ0) is 12.3. The smallest absolute Gasteiger partial charge is 0.225 e.